The third-order valence-corrected chi connectivity index (χ3v) is 1.56. The molecule has 0 fully saturated rings. The highest BCUT2D eigenvalue weighted by atomic mass is 19.1. The first-order chi connectivity index (χ1) is 5.74. The molecule has 1 unspecified atom stereocenters. The van der Waals surface area contributed by atoms with Gasteiger partial charge in [0.2, 0.25) is 0 Å². The Hall–Kier alpha value is -1.19. The minimum absolute atomic E-state index is 0.223. The normalized spacial score (nSPS) is 12.8. The molecule has 0 spiro atoms. The van der Waals surface area contributed by atoms with Crippen molar-refractivity contribution < 1.29 is 4.39 Å². The van der Waals surface area contributed by atoms with Gasteiger partial charge in [0.25, 0.3) is 5.56 Å². The highest BCUT2D eigenvalue weighted by molar-refractivity contribution is 5.01. The van der Waals surface area contributed by atoms with Gasteiger partial charge in [-0.25, -0.2) is 9.37 Å². The Kier molecular flexibility index (Phi) is 2.96. The van der Waals surface area contributed by atoms with Crippen LogP contribution in [0.15, 0.2) is 17.2 Å². The molecule has 1 aromatic heterocycles. The summed E-state index contributed by atoms with van der Waals surface area (Å²) >= 11 is 0. The molecule has 1 aromatic rings. The first-order valence-corrected chi connectivity index (χ1v) is 3.92. The van der Waals surface area contributed by atoms with E-state index in [0.29, 0.717) is 6.42 Å². The molecule has 0 aromatic carbocycles. The molecule has 0 saturated carbocycles. The van der Waals surface area contributed by atoms with E-state index in [9.17, 15) is 9.18 Å². The van der Waals surface area contributed by atoms with Crippen LogP contribution in [0.5, 0.6) is 0 Å². The van der Waals surface area contributed by atoms with Gasteiger partial charge in [-0.15, -0.1) is 0 Å². The van der Waals surface area contributed by atoms with Crippen molar-refractivity contribution in [2.24, 2.45) is 0 Å². The van der Waals surface area contributed by atoms with Gasteiger partial charge >= 0.3 is 0 Å². The molecule has 12 heavy (non-hydrogen) atoms. The van der Waals surface area contributed by atoms with E-state index in [0.717, 1.165) is 6.42 Å². The lowest BCUT2D eigenvalue weighted by Crippen LogP contribution is -2.08. The molecule has 0 aliphatic rings. The smallest absolute Gasteiger partial charge is 0.251 e. The highest BCUT2D eigenvalue weighted by Gasteiger charge is 2.09. The Balaban J connectivity index is 2.80. The molecule has 1 heterocycles. The summed E-state index contributed by atoms with van der Waals surface area (Å²) in [5.41, 5.74) is -0.0839. The first kappa shape index (κ1) is 8.90. The molecule has 4 heteroatoms. The van der Waals surface area contributed by atoms with Gasteiger partial charge in [0, 0.05) is 6.07 Å². The van der Waals surface area contributed by atoms with Crippen molar-refractivity contribution in [2.75, 3.05) is 0 Å². The molecule has 1 N–H and O–H groups in total. The van der Waals surface area contributed by atoms with E-state index in [-0.39, 0.29) is 11.3 Å². The van der Waals surface area contributed by atoms with Crippen molar-refractivity contribution in [3.8, 4) is 0 Å². The first-order valence-electron chi connectivity index (χ1n) is 3.92. The molecule has 1 rings (SSSR count). The summed E-state index contributed by atoms with van der Waals surface area (Å²) in [5.74, 6) is 0. The zero-order valence-corrected chi connectivity index (χ0v) is 6.88. The summed E-state index contributed by atoms with van der Waals surface area (Å²) in [7, 11) is 0. The van der Waals surface area contributed by atoms with Crippen molar-refractivity contribution in [3.05, 3.63) is 28.4 Å². The van der Waals surface area contributed by atoms with Crippen LogP contribution in [-0.2, 0) is 0 Å². The average Bonchev–Trinajstić information content (AvgIpc) is 2.05. The number of alkyl halides is 1. The lowest BCUT2D eigenvalue weighted by molar-refractivity contribution is 0.313. The Morgan fingerprint density at radius 1 is 1.75 bits per heavy atom. The van der Waals surface area contributed by atoms with Gasteiger partial charge < -0.3 is 4.98 Å². The number of hydrogen-bond donors (Lipinski definition) is 1. The van der Waals surface area contributed by atoms with E-state index < -0.39 is 6.17 Å². The van der Waals surface area contributed by atoms with Crippen LogP contribution in [0, 0.1) is 0 Å². The molecule has 0 aliphatic heterocycles. The fourth-order valence-electron chi connectivity index (χ4n) is 0.956. The van der Waals surface area contributed by atoms with E-state index in [1.165, 1.54) is 12.4 Å². The van der Waals surface area contributed by atoms with Crippen LogP contribution in [-0.4, -0.2) is 9.97 Å². The molecular weight excluding hydrogens is 159 g/mol. The number of aromatic amines is 1. The van der Waals surface area contributed by atoms with Crippen molar-refractivity contribution in [2.45, 2.75) is 25.9 Å². The third-order valence-electron chi connectivity index (χ3n) is 1.56. The number of H-pyrrole nitrogens is 1. The summed E-state index contributed by atoms with van der Waals surface area (Å²) < 4.78 is 13.1. The molecule has 1 atom stereocenters. The second kappa shape index (κ2) is 3.99. The predicted molar refractivity (Wildman–Crippen MR) is 43.6 cm³/mol. The molecular formula is C8H11FN2O. The highest BCUT2D eigenvalue weighted by Crippen LogP contribution is 2.18. The second-order valence-corrected chi connectivity index (χ2v) is 2.59. The van der Waals surface area contributed by atoms with Crippen LogP contribution in [0.4, 0.5) is 4.39 Å². The van der Waals surface area contributed by atoms with Gasteiger partial charge in [-0.2, -0.15) is 0 Å². The Labute approximate surface area is 69.7 Å². The number of halogens is 1. The zero-order valence-electron chi connectivity index (χ0n) is 6.88. The summed E-state index contributed by atoms with van der Waals surface area (Å²) in [4.78, 5) is 16.8. The maximum atomic E-state index is 13.1. The summed E-state index contributed by atoms with van der Waals surface area (Å²) in [6.45, 7) is 1.89. The molecule has 3 nitrogen and oxygen atoms in total. The fraction of sp³-hybridized carbons (Fsp3) is 0.500. The Morgan fingerprint density at radius 2 is 2.50 bits per heavy atom. The van der Waals surface area contributed by atoms with Gasteiger partial charge in [0.15, 0.2) is 0 Å². The number of rotatable bonds is 3. The lowest BCUT2D eigenvalue weighted by Gasteiger charge is -2.03. The predicted octanol–water partition coefficient (Wildman–Crippen LogP) is 1.58. The quantitative estimate of drug-likeness (QED) is 0.748. The van der Waals surface area contributed by atoms with E-state index in [1.807, 2.05) is 6.92 Å². The fourth-order valence-corrected chi connectivity index (χ4v) is 0.956. The van der Waals surface area contributed by atoms with Crippen LogP contribution >= 0.6 is 0 Å². The standard InChI is InChI=1S/C8H11FN2O/c1-2-3-6(9)7-4-8(12)11-5-10-7/h4-6H,2-3H2,1H3,(H,10,11,12). The van der Waals surface area contributed by atoms with Gasteiger partial charge in [-0.1, -0.05) is 13.3 Å². The van der Waals surface area contributed by atoms with Gasteiger partial charge in [0.1, 0.15) is 6.17 Å². The third kappa shape index (κ3) is 2.15. The molecule has 0 saturated heterocycles. The average molecular weight is 170 g/mol. The van der Waals surface area contributed by atoms with Crippen molar-refractivity contribution in [1.29, 1.82) is 0 Å². The van der Waals surface area contributed by atoms with Crippen LogP contribution in [0.25, 0.3) is 0 Å². The largest absolute Gasteiger partial charge is 0.313 e. The van der Waals surface area contributed by atoms with Crippen molar-refractivity contribution in [1.82, 2.24) is 9.97 Å². The van der Waals surface area contributed by atoms with Crippen LogP contribution in [0.1, 0.15) is 31.6 Å². The Bertz CT molecular complexity index is 297. The maximum Gasteiger partial charge on any atom is 0.251 e. The minimum Gasteiger partial charge on any atom is -0.313 e. The van der Waals surface area contributed by atoms with Crippen LogP contribution in [0.2, 0.25) is 0 Å². The summed E-state index contributed by atoms with van der Waals surface area (Å²) in [5, 5.41) is 0. The summed E-state index contributed by atoms with van der Waals surface area (Å²) in [6.07, 6.45) is 1.27. The molecule has 0 bridgehead atoms. The van der Waals surface area contributed by atoms with Gasteiger partial charge in [0.05, 0.1) is 12.0 Å². The van der Waals surface area contributed by atoms with Crippen molar-refractivity contribution >= 4 is 0 Å². The monoisotopic (exact) mass is 170 g/mol. The number of nitrogens with one attached hydrogen (secondary N) is 1. The van der Waals surface area contributed by atoms with Gasteiger partial charge in [-0.3, -0.25) is 4.79 Å². The lowest BCUT2D eigenvalue weighted by atomic mass is 10.2. The minimum atomic E-state index is -1.11. The number of nitrogens with zero attached hydrogens (tertiary/aromatic N) is 1. The van der Waals surface area contributed by atoms with Crippen LogP contribution < -0.4 is 5.56 Å². The molecule has 66 valence electrons. The van der Waals surface area contributed by atoms with Crippen LogP contribution in [0.3, 0.4) is 0 Å². The topological polar surface area (TPSA) is 45.8 Å². The van der Waals surface area contributed by atoms with E-state index in [4.69, 9.17) is 0 Å². The maximum absolute atomic E-state index is 13.1. The second-order valence-electron chi connectivity index (χ2n) is 2.59. The van der Waals surface area contributed by atoms with E-state index >= 15 is 0 Å². The molecule has 0 radical (unpaired) electrons. The van der Waals surface area contributed by atoms with E-state index in [1.54, 1.807) is 0 Å². The van der Waals surface area contributed by atoms with Gasteiger partial charge in [-0.05, 0) is 6.42 Å². The number of hydrogen-bond acceptors (Lipinski definition) is 2. The molecule has 0 aliphatic carbocycles. The van der Waals surface area contributed by atoms with Crippen molar-refractivity contribution in [3.63, 3.8) is 0 Å². The number of aromatic nitrogens is 2. The molecule has 0 amide bonds. The Morgan fingerprint density at radius 3 is 3.08 bits per heavy atom. The van der Waals surface area contributed by atoms with E-state index in [2.05, 4.69) is 9.97 Å². The zero-order chi connectivity index (χ0) is 8.97. The summed E-state index contributed by atoms with van der Waals surface area (Å²) in [6, 6.07) is 1.19. The SMILES string of the molecule is CCCC(F)c1cc(=O)[nH]cn1.